The summed E-state index contributed by atoms with van der Waals surface area (Å²) in [6, 6.07) is 80.9. The van der Waals surface area contributed by atoms with Crippen molar-refractivity contribution in [3.63, 3.8) is 0 Å². The van der Waals surface area contributed by atoms with Gasteiger partial charge in [-0.05, 0) is 115 Å². The van der Waals surface area contributed by atoms with Gasteiger partial charge in [0, 0.05) is 27.7 Å². The van der Waals surface area contributed by atoms with Crippen LogP contribution in [0.5, 0.6) is 0 Å². The summed E-state index contributed by atoms with van der Waals surface area (Å²) >= 11 is 0. The molecule has 0 N–H and O–H groups in total. The van der Waals surface area contributed by atoms with Crippen molar-refractivity contribution in [2.45, 2.75) is 0 Å². The van der Waals surface area contributed by atoms with Crippen molar-refractivity contribution < 1.29 is 4.42 Å². The van der Waals surface area contributed by atoms with E-state index in [0.29, 0.717) is 0 Å². The number of nitrogens with zero attached hydrogens (tertiary/aromatic N) is 1. The summed E-state index contributed by atoms with van der Waals surface area (Å²) in [6.07, 6.45) is 0. The summed E-state index contributed by atoms with van der Waals surface area (Å²) in [4.78, 5) is 2.41. The monoisotopic (exact) mass is 739 g/mol. The van der Waals surface area contributed by atoms with Crippen molar-refractivity contribution in [2.24, 2.45) is 0 Å². The van der Waals surface area contributed by atoms with Gasteiger partial charge in [-0.1, -0.05) is 170 Å². The highest BCUT2D eigenvalue weighted by Gasteiger charge is 2.20. The van der Waals surface area contributed by atoms with E-state index in [9.17, 15) is 0 Å². The Morgan fingerprint density at radius 3 is 1.62 bits per heavy atom. The number of fused-ring (bicyclic) bond motifs is 5. The van der Waals surface area contributed by atoms with Crippen molar-refractivity contribution >= 4 is 60.5 Å². The first-order valence-corrected chi connectivity index (χ1v) is 19.8. The van der Waals surface area contributed by atoms with Crippen molar-refractivity contribution in [1.82, 2.24) is 0 Å². The largest absolute Gasteiger partial charge is 0.456 e. The maximum atomic E-state index is 6.15. The minimum atomic E-state index is 0.902. The van der Waals surface area contributed by atoms with Crippen LogP contribution in [0, 0.1) is 0 Å². The number of hydrogen-bond acceptors (Lipinski definition) is 2. The molecule has 11 rings (SSSR count). The summed E-state index contributed by atoms with van der Waals surface area (Å²) in [6.45, 7) is 0. The first-order valence-electron chi connectivity index (χ1n) is 19.8. The van der Waals surface area contributed by atoms with Gasteiger partial charge in [0.1, 0.15) is 11.2 Å². The van der Waals surface area contributed by atoms with Crippen LogP contribution in [-0.2, 0) is 0 Å². The van der Waals surface area contributed by atoms with E-state index in [4.69, 9.17) is 4.42 Å². The molecule has 10 aromatic carbocycles. The van der Waals surface area contributed by atoms with Gasteiger partial charge in [-0.3, -0.25) is 0 Å². The maximum absolute atomic E-state index is 6.15. The van der Waals surface area contributed by atoms with E-state index in [0.717, 1.165) is 61.3 Å². The van der Waals surface area contributed by atoms with Crippen molar-refractivity contribution in [1.29, 1.82) is 0 Å². The Balaban J connectivity index is 1.08. The lowest BCUT2D eigenvalue weighted by molar-refractivity contribution is 0.669. The van der Waals surface area contributed by atoms with Gasteiger partial charge in [-0.15, -0.1) is 0 Å². The molecule has 0 aliphatic rings. The van der Waals surface area contributed by atoms with Gasteiger partial charge < -0.3 is 9.32 Å². The van der Waals surface area contributed by atoms with E-state index in [1.807, 2.05) is 12.1 Å². The van der Waals surface area contributed by atoms with Gasteiger partial charge in [-0.25, -0.2) is 0 Å². The quantitative estimate of drug-likeness (QED) is 0.162. The first kappa shape index (κ1) is 33.6. The number of benzene rings is 10. The lowest BCUT2D eigenvalue weighted by atomic mass is 9.94. The molecule has 2 nitrogen and oxygen atoms in total. The molecule has 11 aromatic rings. The number of hydrogen-bond donors (Lipinski definition) is 0. The van der Waals surface area contributed by atoms with Crippen LogP contribution in [0.4, 0.5) is 17.1 Å². The maximum Gasteiger partial charge on any atom is 0.135 e. The molecule has 0 aliphatic heterocycles. The van der Waals surface area contributed by atoms with Crippen LogP contribution in [0.1, 0.15) is 0 Å². The van der Waals surface area contributed by atoms with Gasteiger partial charge in [0.2, 0.25) is 0 Å². The van der Waals surface area contributed by atoms with Crippen molar-refractivity contribution in [3.05, 3.63) is 224 Å². The molecule has 0 fully saturated rings. The molecule has 0 amide bonds. The second-order valence-electron chi connectivity index (χ2n) is 14.9. The highest BCUT2D eigenvalue weighted by atomic mass is 16.3. The van der Waals surface area contributed by atoms with E-state index in [1.54, 1.807) is 0 Å². The Labute approximate surface area is 337 Å². The minimum absolute atomic E-state index is 0.902. The van der Waals surface area contributed by atoms with Crippen molar-refractivity contribution in [3.8, 4) is 44.5 Å². The summed E-state index contributed by atoms with van der Waals surface area (Å²) < 4.78 is 6.15. The fraction of sp³-hybridized carbons (Fsp3) is 0. The molecule has 0 radical (unpaired) electrons. The number of rotatable bonds is 7. The van der Waals surface area contributed by atoms with Crippen LogP contribution in [0.15, 0.2) is 229 Å². The standard InChI is InChI=1S/C56H37NO/c1-2-12-42(13-3-1)51-33-27-46(50-19-10-16-41-14-6-7-17-49(41)50)37-54(51)57(47-29-23-39(24-30-47)44-22-21-38-11-4-5-15-43(38)35-44)48-31-25-40(26-32-48)45-28-34-56-53(36-45)52-18-8-9-20-55(52)58-56/h1-37H. The summed E-state index contributed by atoms with van der Waals surface area (Å²) in [5.74, 6) is 0. The molecule has 0 unspecified atom stereocenters. The third-order valence-corrected chi connectivity index (χ3v) is 11.5. The lowest BCUT2D eigenvalue weighted by Gasteiger charge is -2.29. The van der Waals surface area contributed by atoms with Crippen molar-refractivity contribution in [2.75, 3.05) is 4.90 Å². The van der Waals surface area contributed by atoms with Crippen LogP contribution in [0.2, 0.25) is 0 Å². The molecule has 0 spiro atoms. The zero-order valence-electron chi connectivity index (χ0n) is 31.7. The molecule has 0 atom stereocenters. The van der Waals surface area contributed by atoms with E-state index in [1.165, 1.54) is 43.8 Å². The average molecular weight is 740 g/mol. The van der Waals surface area contributed by atoms with Gasteiger partial charge >= 0.3 is 0 Å². The molecular formula is C56H37NO. The minimum Gasteiger partial charge on any atom is -0.456 e. The Morgan fingerprint density at radius 2 is 0.845 bits per heavy atom. The zero-order valence-corrected chi connectivity index (χ0v) is 31.7. The normalized spacial score (nSPS) is 11.4. The average Bonchev–Trinajstić information content (AvgIpc) is 3.68. The van der Waals surface area contributed by atoms with Gasteiger partial charge in [0.25, 0.3) is 0 Å². The summed E-state index contributed by atoms with van der Waals surface area (Å²) in [7, 11) is 0. The van der Waals surface area contributed by atoms with Crippen LogP contribution in [-0.4, -0.2) is 0 Å². The number of anilines is 3. The Morgan fingerprint density at radius 1 is 0.276 bits per heavy atom. The van der Waals surface area contributed by atoms with Gasteiger partial charge in [0.05, 0.1) is 5.69 Å². The molecule has 272 valence electrons. The van der Waals surface area contributed by atoms with E-state index in [-0.39, 0.29) is 0 Å². The van der Waals surface area contributed by atoms with Crippen LogP contribution < -0.4 is 4.90 Å². The third-order valence-electron chi connectivity index (χ3n) is 11.5. The Bertz CT molecular complexity index is 3260. The summed E-state index contributed by atoms with van der Waals surface area (Å²) in [5.41, 5.74) is 14.5. The molecule has 0 bridgehead atoms. The topological polar surface area (TPSA) is 16.4 Å². The molecule has 0 saturated heterocycles. The summed E-state index contributed by atoms with van der Waals surface area (Å²) in [5, 5.41) is 7.21. The molecular weight excluding hydrogens is 703 g/mol. The third kappa shape index (κ3) is 6.00. The van der Waals surface area contributed by atoms with Crippen LogP contribution >= 0.6 is 0 Å². The van der Waals surface area contributed by atoms with E-state index < -0.39 is 0 Å². The van der Waals surface area contributed by atoms with Crippen LogP contribution in [0.25, 0.3) is 88.0 Å². The molecule has 2 heteroatoms. The molecule has 0 saturated carbocycles. The fourth-order valence-electron chi connectivity index (χ4n) is 8.53. The molecule has 0 aliphatic carbocycles. The number of para-hydroxylation sites is 1. The molecule has 58 heavy (non-hydrogen) atoms. The Hall–Kier alpha value is -7.68. The SMILES string of the molecule is c1ccc(-c2ccc(-c3cccc4ccccc34)cc2N(c2ccc(-c3ccc4ccccc4c3)cc2)c2ccc(-c3ccc4oc5ccccc5c4c3)cc2)cc1. The predicted octanol–water partition coefficient (Wildman–Crippen LogP) is 16.0. The Kier molecular flexibility index (Phi) is 8.19. The van der Waals surface area contributed by atoms with Gasteiger partial charge in [-0.2, -0.15) is 0 Å². The van der Waals surface area contributed by atoms with E-state index in [2.05, 4.69) is 217 Å². The van der Waals surface area contributed by atoms with Crippen LogP contribution in [0.3, 0.4) is 0 Å². The molecule has 1 aromatic heterocycles. The molecule has 1 heterocycles. The lowest BCUT2D eigenvalue weighted by Crippen LogP contribution is -2.11. The van der Waals surface area contributed by atoms with Gasteiger partial charge in [0.15, 0.2) is 0 Å². The smallest absolute Gasteiger partial charge is 0.135 e. The van der Waals surface area contributed by atoms with E-state index >= 15 is 0 Å². The highest BCUT2D eigenvalue weighted by Crippen LogP contribution is 2.45. The first-order chi connectivity index (χ1) is 28.7. The fourth-order valence-corrected chi connectivity index (χ4v) is 8.53. The second kappa shape index (κ2) is 14.1. The highest BCUT2D eigenvalue weighted by molar-refractivity contribution is 6.06. The predicted molar refractivity (Wildman–Crippen MR) is 245 cm³/mol. The number of furan rings is 1. The second-order valence-corrected chi connectivity index (χ2v) is 14.9. The zero-order chi connectivity index (χ0) is 38.4.